The molecule has 23 heavy (non-hydrogen) atoms. The van der Waals surface area contributed by atoms with Crippen LogP contribution >= 0.6 is 0 Å². The Morgan fingerprint density at radius 3 is 2.96 bits per heavy atom. The fraction of sp³-hybridized carbons (Fsp3) is 0.611. The average Bonchev–Trinajstić information content (AvgIpc) is 3.03. The Bertz CT molecular complexity index is 535. The van der Waals surface area contributed by atoms with Crippen molar-refractivity contribution in [1.82, 2.24) is 10.6 Å². The topological polar surface area (TPSA) is 70.6 Å². The molecule has 1 aliphatic carbocycles. The van der Waals surface area contributed by atoms with E-state index in [2.05, 4.69) is 10.6 Å². The molecule has 1 aliphatic heterocycles. The summed E-state index contributed by atoms with van der Waals surface area (Å²) in [6.45, 7) is 0.201. The number of amides is 1. The van der Waals surface area contributed by atoms with Gasteiger partial charge in [0.1, 0.15) is 5.75 Å². The molecule has 0 spiro atoms. The van der Waals surface area contributed by atoms with Gasteiger partial charge in [0.25, 0.3) is 0 Å². The van der Waals surface area contributed by atoms with Crippen molar-refractivity contribution in [3.05, 3.63) is 29.8 Å². The van der Waals surface area contributed by atoms with Crippen molar-refractivity contribution >= 4 is 5.91 Å². The molecule has 3 rings (SSSR count). The third-order valence-electron chi connectivity index (χ3n) is 5.15. The Hall–Kier alpha value is -1.59. The van der Waals surface area contributed by atoms with Crippen molar-refractivity contribution < 1.29 is 14.6 Å². The molecule has 2 fully saturated rings. The lowest BCUT2D eigenvalue weighted by Gasteiger charge is -2.24. The molecule has 0 unspecified atom stereocenters. The molecule has 0 bridgehead atoms. The van der Waals surface area contributed by atoms with Gasteiger partial charge >= 0.3 is 0 Å². The minimum atomic E-state index is -0.765. The number of methoxy groups -OCH3 is 1. The summed E-state index contributed by atoms with van der Waals surface area (Å²) in [6, 6.07) is 7.72. The van der Waals surface area contributed by atoms with Crippen LogP contribution in [0.2, 0.25) is 0 Å². The lowest BCUT2D eigenvalue weighted by Crippen LogP contribution is -2.44. The van der Waals surface area contributed by atoms with Gasteiger partial charge in [0.05, 0.1) is 19.3 Å². The van der Waals surface area contributed by atoms with Crippen molar-refractivity contribution in [2.45, 2.75) is 50.3 Å². The maximum atomic E-state index is 12.4. The van der Waals surface area contributed by atoms with E-state index >= 15 is 0 Å². The molecule has 0 aromatic heterocycles. The van der Waals surface area contributed by atoms with Crippen molar-refractivity contribution in [3.63, 3.8) is 0 Å². The van der Waals surface area contributed by atoms with Gasteiger partial charge in [-0.15, -0.1) is 0 Å². The number of carbonyl (C=O) groups is 1. The Kier molecular flexibility index (Phi) is 5.18. The highest BCUT2D eigenvalue weighted by atomic mass is 16.5. The lowest BCUT2D eigenvalue weighted by atomic mass is 9.85. The molecular weight excluding hydrogens is 292 g/mol. The number of aliphatic hydroxyl groups excluding tert-OH is 1. The maximum Gasteiger partial charge on any atom is 0.237 e. The number of carbonyl (C=O) groups excluding carboxylic acids is 1. The predicted octanol–water partition coefficient (Wildman–Crippen LogP) is 1.77. The number of fused-ring (bicyclic) bond motifs is 1. The third kappa shape index (κ3) is 3.67. The fourth-order valence-corrected chi connectivity index (χ4v) is 3.89. The first-order valence-corrected chi connectivity index (χ1v) is 8.53. The Morgan fingerprint density at radius 2 is 2.17 bits per heavy atom. The summed E-state index contributed by atoms with van der Waals surface area (Å²) in [5, 5.41) is 16.7. The van der Waals surface area contributed by atoms with Crippen LogP contribution in [-0.2, 0) is 4.79 Å². The van der Waals surface area contributed by atoms with E-state index in [0.717, 1.165) is 6.42 Å². The number of ether oxygens (including phenoxy) is 1. The molecule has 5 nitrogen and oxygen atoms in total. The molecule has 1 heterocycles. The molecule has 4 atom stereocenters. The normalized spacial score (nSPS) is 28.0. The zero-order valence-corrected chi connectivity index (χ0v) is 13.6. The maximum absolute atomic E-state index is 12.4. The van der Waals surface area contributed by atoms with Crippen molar-refractivity contribution in [1.29, 1.82) is 0 Å². The highest BCUT2D eigenvalue weighted by Crippen LogP contribution is 2.33. The summed E-state index contributed by atoms with van der Waals surface area (Å²) in [4.78, 5) is 12.4. The number of hydrogen-bond acceptors (Lipinski definition) is 4. The average molecular weight is 318 g/mol. The Labute approximate surface area is 137 Å². The van der Waals surface area contributed by atoms with Crippen LogP contribution in [0.3, 0.4) is 0 Å². The smallest absolute Gasteiger partial charge is 0.237 e. The van der Waals surface area contributed by atoms with Gasteiger partial charge in [-0.25, -0.2) is 0 Å². The molecule has 3 N–H and O–H groups in total. The van der Waals surface area contributed by atoms with Crippen molar-refractivity contribution in [3.8, 4) is 5.75 Å². The Morgan fingerprint density at radius 1 is 1.39 bits per heavy atom. The first kappa shape index (κ1) is 16.3. The van der Waals surface area contributed by atoms with E-state index in [4.69, 9.17) is 4.74 Å². The minimum absolute atomic E-state index is 0.00616. The van der Waals surface area contributed by atoms with Crippen LogP contribution in [0.1, 0.15) is 43.8 Å². The molecule has 126 valence electrons. The van der Waals surface area contributed by atoms with E-state index in [1.165, 1.54) is 25.7 Å². The molecule has 1 saturated carbocycles. The molecule has 1 aromatic carbocycles. The van der Waals surface area contributed by atoms with Crippen LogP contribution in [-0.4, -0.2) is 36.8 Å². The van der Waals surface area contributed by atoms with Crippen LogP contribution < -0.4 is 15.4 Å². The standard InChI is InChI=1S/C18H26N2O3/c1-23-17-9-5-3-7-13(17)16(21)11-19-18(22)15-10-12-6-2-4-8-14(12)20-15/h3,5,7,9,12,14-16,20-21H,2,4,6,8,10-11H2,1H3,(H,19,22)/t12-,14+,15+,16-/m1/s1. The van der Waals surface area contributed by atoms with Gasteiger partial charge in [-0.05, 0) is 31.2 Å². The van der Waals surface area contributed by atoms with Gasteiger partial charge in [0.15, 0.2) is 0 Å². The van der Waals surface area contributed by atoms with Crippen LogP contribution in [0.15, 0.2) is 24.3 Å². The van der Waals surface area contributed by atoms with Crippen molar-refractivity contribution in [2.24, 2.45) is 5.92 Å². The predicted molar refractivity (Wildman–Crippen MR) is 88.3 cm³/mol. The molecule has 1 amide bonds. The number of para-hydroxylation sites is 1. The van der Waals surface area contributed by atoms with Crippen LogP contribution in [0.4, 0.5) is 0 Å². The second kappa shape index (κ2) is 7.32. The summed E-state index contributed by atoms with van der Waals surface area (Å²) in [5.41, 5.74) is 0.698. The highest BCUT2D eigenvalue weighted by molar-refractivity contribution is 5.82. The molecule has 2 aliphatic rings. The summed E-state index contributed by atoms with van der Waals surface area (Å²) >= 11 is 0. The number of hydrogen-bond donors (Lipinski definition) is 3. The minimum Gasteiger partial charge on any atom is -0.496 e. The van der Waals surface area contributed by atoms with Crippen LogP contribution in [0, 0.1) is 5.92 Å². The second-order valence-corrected chi connectivity index (χ2v) is 6.61. The Balaban J connectivity index is 1.53. The molecular formula is C18H26N2O3. The van der Waals surface area contributed by atoms with Crippen LogP contribution in [0.25, 0.3) is 0 Å². The van der Waals surface area contributed by atoms with Gasteiger partial charge in [-0.3, -0.25) is 4.79 Å². The number of rotatable bonds is 5. The summed E-state index contributed by atoms with van der Waals surface area (Å²) in [7, 11) is 1.58. The van der Waals surface area contributed by atoms with Crippen molar-refractivity contribution in [2.75, 3.05) is 13.7 Å². The van der Waals surface area contributed by atoms with E-state index in [0.29, 0.717) is 23.3 Å². The SMILES string of the molecule is COc1ccccc1[C@H](O)CNC(=O)[C@@H]1C[C@H]2CCCC[C@@H]2N1. The first-order valence-electron chi connectivity index (χ1n) is 8.53. The van der Waals surface area contributed by atoms with E-state index in [1.54, 1.807) is 7.11 Å². The molecule has 5 heteroatoms. The third-order valence-corrected chi connectivity index (χ3v) is 5.15. The van der Waals surface area contributed by atoms with Gasteiger partial charge in [0, 0.05) is 18.2 Å². The quantitative estimate of drug-likeness (QED) is 0.774. The van der Waals surface area contributed by atoms with Gasteiger partial charge in [-0.1, -0.05) is 31.0 Å². The highest BCUT2D eigenvalue weighted by Gasteiger charge is 2.38. The van der Waals surface area contributed by atoms with Gasteiger partial charge in [0.2, 0.25) is 5.91 Å². The second-order valence-electron chi connectivity index (χ2n) is 6.61. The molecule has 1 saturated heterocycles. The first-order chi connectivity index (χ1) is 11.2. The van der Waals surface area contributed by atoms with E-state index < -0.39 is 6.10 Å². The van der Waals surface area contributed by atoms with Crippen LogP contribution in [0.5, 0.6) is 5.75 Å². The van der Waals surface area contributed by atoms with E-state index in [-0.39, 0.29) is 18.5 Å². The summed E-state index contributed by atoms with van der Waals surface area (Å²) in [6.07, 6.45) is 5.10. The molecule has 1 aromatic rings. The van der Waals surface area contributed by atoms with E-state index in [1.807, 2.05) is 24.3 Å². The van der Waals surface area contributed by atoms with Gasteiger partial charge in [-0.2, -0.15) is 0 Å². The monoisotopic (exact) mass is 318 g/mol. The largest absolute Gasteiger partial charge is 0.496 e. The number of aliphatic hydroxyl groups is 1. The zero-order valence-electron chi connectivity index (χ0n) is 13.6. The number of nitrogens with one attached hydrogen (secondary N) is 2. The van der Waals surface area contributed by atoms with E-state index in [9.17, 15) is 9.90 Å². The molecule has 0 radical (unpaired) electrons. The number of benzene rings is 1. The lowest BCUT2D eigenvalue weighted by molar-refractivity contribution is -0.123. The zero-order chi connectivity index (χ0) is 16.2. The fourth-order valence-electron chi connectivity index (χ4n) is 3.89. The van der Waals surface area contributed by atoms with Gasteiger partial charge < -0.3 is 20.5 Å². The summed E-state index contributed by atoms with van der Waals surface area (Å²) < 4.78 is 5.25. The summed E-state index contributed by atoms with van der Waals surface area (Å²) in [5.74, 6) is 1.27.